The number of aromatic nitrogens is 2. The molecule has 3 heteroatoms. The first-order valence-electron chi connectivity index (χ1n) is 6.65. The Kier molecular flexibility index (Phi) is 3.79. The normalized spacial score (nSPS) is 12.5. The van der Waals surface area contributed by atoms with E-state index in [1.807, 2.05) is 37.3 Å². The molecule has 1 aromatic heterocycles. The molecule has 1 atom stereocenters. The molecule has 2 aromatic carbocycles. The summed E-state index contributed by atoms with van der Waals surface area (Å²) in [6.07, 6.45) is 0.841. The molecule has 0 fully saturated rings. The predicted molar refractivity (Wildman–Crippen MR) is 86.1 cm³/mol. The average Bonchev–Trinajstić information content (AvgIpc) is 2.49. The smallest absolute Gasteiger partial charge is 0.0890 e. The first-order valence-corrected chi connectivity index (χ1v) is 7.57. The van der Waals surface area contributed by atoms with Crippen molar-refractivity contribution < 1.29 is 0 Å². The zero-order valence-corrected chi connectivity index (χ0v) is 12.8. The van der Waals surface area contributed by atoms with Gasteiger partial charge in [-0.1, -0.05) is 58.4 Å². The Morgan fingerprint density at radius 1 is 0.900 bits per heavy atom. The van der Waals surface area contributed by atoms with E-state index in [1.54, 1.807) is 0 Å². The molecule has 1 unspecified atom stereocenters. The summed E-state index contributed by atoms with van der Waals surface area (Å²) in [7, 11) is 0. The van der Waals surface area contributed by atoms with Gasteiger partial charge in [-0.15, -0.1) is 0 Å². The molecule has 20 heavy (non-hydrogen) atoms. The van der Waals surface area contributed by atoms with Gasteiger partial charge in [0.15, 0.2) is 0 Å². The molecule has 0 spiro atoms. The van der Waals surface area contributed by atoms with Gasteiger partial charge in [0.2, 0.25) is 0 Å². The van der Waals surface area contributed by atoms with E-state index in [1.165, 1.54) is 5.56 Å². The van der Waals surface area contributed by atoms with Gasteiger partial charge in [-0.3, -0.25) is 0 Å². The van der Waals surface area contributed by atoms with Gasteiger partial charge in [0.25, 0.3) is 0 Å². The van der Waals surface area contributed by atoms with Crippen molar-refractivity contribution in [3.63, 3.8) is 0 Å². The lowest BCUT2D eigenvalue weighted by Crippen LogP contribution is -2.03. The van der Waals surface area contributed by atoms with Crippen molar-refractivity contribution in [3.8, 4) is 0 Å². The fourth-order valence-corrected chi connectivity index (χ4v) is 2.88. The van der Waals surface area contributed by atoms with E-state index in [2.05, 4.69) is 45.2 Å². The van der Waals surface area contributed by atoms with Gasteiger partial charge >= 0.3 is 0 Å². The second-order valence-electron chi connectivity index (χ2n) is 4.83. The number of hydrogen-bond acceptors (Lipinski definition) is 2. The van der Waals surface area contributed by atoms with Gasteiger partial charge in [-0.25, -0.2) is 9.97 Å². The standard InChI is InChI=1S/C17H15BrN2/c1-12-17(11-14(18)13-7-3-2-4-8-13)20-16-10-6-5-9-15(16)19-12/h2-10,14H,11H2,1H3. The Morgan fingerprint density at radius 3 is 2.20 bits per heavy atom. The van der Waals surface area contributed by atoms with Crippen LogP contribution in [-0.2, 0) is 6.42 Å². The van der Waals surface area contributed by atoms with Gasteiger partial charge < -0.3 is 0 Å². The minimum atomic E-state index is 0.262. The van der Waals surface area contributed by atoms with E-state index in [-0.39, 0.29) is 4.83 Å². The SMILES string of the molecule is Cc1nc2ccccc2nc1CC(Br)c1ccccc1. The highest BCUT2D eigenvalue weighted by molar-refractivity contribution is 9.09. The molecule has 0 N–H and O–H groups in total. The number of hydrogen-bond donors (Lipinski definition) is 0. The molecule has 0 saturated heterocycles. The summed E-state index contributed by atoms with van der Waals surface area (Å²) in [6, 6.07) is 18.4. The lowest BCUT2D eigenvalue weighted by Gasteiger charge is -2.12. The van der Waals surface area contributed by atoms with Crippen molar-refractivity contribution in [2.45, 2.75) is 18.2 Å². The van der Waals surface area contributed by atoms with Crippen LogP contribution in [0.25, 0.3) is 11.0 Å². The molecular weight excluding hydrogens is 312 g/mol. The Balaban J connectivity index is 1.92. The average molecular weight is 327 g/mol. The van der Waals surface area contributed by atoms with Crippen molar-refractivity contribution in [1.29, 1.82) is 0 Å². The lowest BCUT2D eigenvalue weighted by molar-refractivity contribution is 0.885. The summed E-state index contributed by atoms with van der Waals surface area (Å²) in [5.74, 6) is 0. The third-order valence-electron chi connectivity index (χ3n) is 3.38. The summed E-state index contributed by atoms with van der Waals surface area (Å²) >= 11 is 3.75. The maximum atomic E-state index is 4.75. The van der Waals surface area contributed by atoms with Crippen molar-refractivity contribution >= 4 is 27.0 Å². The number of rotatable bonds is 3. The van der Waals surface area contributed by atoms with Gasteiger partial charge in [-0.2, -0.15) is 0 Å². The van der Waals surface area contributed by atoms with Gasteiger partial charge in [-0.05, 0) is 24.6 Å². The maximum absolute atomic E-state index is 4.75. The predicted octanol–water partition coefficient (Wildman–Crippen LogP) is 4.62. The van der Waals surface area contributed by atoms with Crippen LogP contribution in [0.15, 0.2) is 54.6 Å². The number of benzene rings is 2. The van der Waals surface area contributed by atoms with Crippen LogP contribution in [0.4, 0.5) is 0 Å². The second kappa shape index (κ2) is 5.71. The number of aryl methyl sites for hydroxylation is 1. The molecule has 100 valence electrons. The van der Waals surface area contributed by atoms with E-state index in [0.717, 1.165) is 28.8 Å². The summed E-state index contributed by atoms with van der Waals surface area (Å²) < 4.78 is 0. The van der Waals surface area contributed by atoms with Gasteiger partial charge in [0, 0.05) is 11.2 Å². The molecule has 0 radical (unpaired) electrons. The fourth-order valence-electron chi connectivity index (χ4n) is 2.27. The van der Waals surface area contributed by atoms with Crippen LogP contribution in [0, 0.1) is 6.92 Å². The van der Waals surface area contributed by atoms with E-state index in [4.69, 9.17) is 4.98 Å². The Hall–Kier alpha value is -1.74. The van der Waals surface area contributed by atoms with E-state index in [0.29, 0.717) is 0 Å². The van der Waals surface area contributed by atoms with Crippen LogP contribution in [-0.4, -0.2) is 9.97 Å². The summed E-state index contributed by atoms with van der Waals surface area (Å²) in [5.41, 5.74) is 5.24. The molecule has 0 saturated carbocycles. The number of para-hydroxylation sites is 2. The largest absolute Gasteiger partial charge is 0.250 e. The monoisotopic (exact) mass is 326 g/mol. The molecule has 0 aliphatic carbocycles. The number of fused-ring (bicyclic) bond motifs is 1. The van der Waals surface area contributed by atoms with Crippen LogP contribution in [0.3, 0.4) is 0 Å². The molecule has 3 rings (SSSR count). The first kappa shape index (κ1) is 13.3. The number of nitrogens with zero attached hydrogens (tertiary/aromatic N) is 2. The van der Waals surface area contributed by atoms with Crippen LogP contribution < -0.4 is 0 Å². The van der Waals surface area contributed by atoms with Crippen LogP contribution >= 0.6 is 15.9 Å². The Labute approximate surface area is 127 Å². The molecule has 0 aliphatic heterocycles. The van der Waals surface area contributed by atoms with Crippen molar-refractivity contribution in [1.82, 2.24) is 9.97 Å². The summed E-state index contributed by atoms with van der Waals surface area (Å²) in [6.45, 7) is 2.03. The molecule has 0 aliphatic rings. The minimum Gasteiger partial charge on any atom is -0.250 e. The lowest BCUT2D eigenvalue weighted by atomic mass is 10.1. The van der Waals surface area contributed by atoms with E-state index >= 15 is 0 Å². The molecule has 0 bridgehead atoms. The fraction of sp³-hybridized carbons (Fsp3) is 0.176. The quantitative estimate of drug-likeness (QED) is 0.656. The van der Waals surface area contributed by atoms with Crippen molar-refractivity contribution in [2.75, 3.05) is 0 Å². The Morgan fingerprint density at radius 2 is 1.50 bits per heavy atom. The highest BCUT2D eigenvalue weighted by Crippen LogP contribution is 2.27. The van der Waals surface area contributed by atoms with E-state index in [9.17, 15) is 0 Å². The number of alkyl halides is 1. The first-order chi connectivity index (χ1) is 9.74. The third kappa shape index (κ3) is 2.73. The highest BCUT2D eigenvalue weighted by Gasteiger charge is 2.12. The van der Waals surface area contributed by atoms with Crippen LogP contribution in [0.5, 0.6) is 0 Å². The molecule has 2 nitrogen and oxygen atoms in total. The summed E-state index contributed by atoms with van der Waals surface area (Å²) in [4.78, 5) is 9.65. The molecular formula is C17H15BrN2. The molecule has 0 amide bonds. The zero-order chi connectivity index (χ0) is 13.9. The van der Waals surface area contributed by atoms with E-state index < -0.39 is 0 Å². The van der Waals surface area contributed by atoms with Crippen LogP contribution in [0.2, 0.25) is 0 Å². The third-order valence-corrected chi connectivity index (χ3v) is 4.23. The molecule has 3 aromatic rings. The highest BCUT2D eigenvalue weighted by atomic mass is 79.9. The Bertz CT molecular complexity index is 725. The maximum Gasteiger partial charge on any atom is 0.0890 e. The number of halogens is 1. The van der Waals surface area contributed by atoms with Gasteiger partial charge in [0.05, 0.1) is 22.4 Å². The zero-order valence-electron chi connectivity index (χ0n) is 11.3. The molecule has 1 heterocycles. The second-order valence-corrected chi connectivity index (χ2v) is 5.93. The van der Waals surface area contributed by atoms with Gasteiger partial charge in [0.1, 0.15) is 0 Å². The minimum absolute atomic E-state index is 0.262. The van der Waals surface area contributed by atoms with Crippen molar-refractivity contribution in [2.24, 2.45) is 0 Å². The van der Waals surface area contributed by atoms with Crippen LogP contribution in [0.1, 0.15) is 21.8 Å². The van der Waals surface area contributed by atoms with Crippen molar-refractivity contribution in [3.05, 3.63) is 71.5 Å². The summed E-state index contributed by atoms with van der Waals surface area (Å²) in [5, 5.41) is 0. The topological polar surface area (TPSA) is 25.8 Å².